The van der Waals surface area contributed by atoms with Crippen molar-refractivity contribution in [2.24, 2.45) is 5.92 Å². The van der Waals surface area contributed by atoms with Gasteiger partial charge in [0.25, 0.3) is 5.91 Å². The fourth-order valence-corrected chi connectivity index (χ4v) is 5.27. The summed E-state index contributed by atoms with van der Waals surface area (Å²) in [7, 11) is 0. The van der Waals surface area contributed by atoms with E-state index in [2.05, 4.69) is 25.7 Å². The van der Waals surface area contributed by atoms with Crippen LogP contribution in [0, 0.1) is 5.92 Å². The molecule has 1 amide bonds. The Bertz CT molecular complexity index is 1060. The number of nitrogens with zero attached hydrogens (tertiary/aromatic N) is 4. The molecule has 0 fully saturated rings. The molecular weight excluding hydrogens is 440 g/mol. The Labute approximate surface area is 199 Å². The SMILES string of the molecule is CCCN1CCc2c(c(CN(CC(C)C)C(=O)c3cccs3)nn2-c2cccc(Cl)c2)C1. The molecule has 1 aliphatic rings. The van der Waals surface area contributed by atoms with Crippen molar-refractivity contribution >= 4 is 28.8 Å². The van der Waals surface area contributed by atoms with Crippen LogP contribution in [0.5, 0.6) is 0 Å². The molecule has 0 spiro atoms. The van der Waals surface area contributed by atoms with Crippen molar-refractivity contribution in [3.05, 3.63) is 68.6 Å². The van der Waals surface area contributed by atoms with Crippen LogP contribution in [-0.4, -0.2) is 45.1 Å². The number of carbonyl (C=O) groups excluding carboxylic acids is 1. The van der Waals surface area contributed by atoms with Crippen molar-refractivity contribution < 1.29 is 4.79 Å². The maximum absolute atomic E-state index is 13.3. The van der Waals surface area contributed by atoms with Crippen LogP contribution in [0.4, 0.5) is 0 Å². The second-order valence-electron chi connectivity index (χ2n) is 8.85. The summed E-state index contributed by atoms with van der Waals surface area (Å²) in [6.07, 6.45) is 2.07. The Morgan fingerprint density at radius 2 is 2.12 bits per heavy atom. The van der Waals surface area contributed by atoms with Crippen molar-refractivity contribution in [1.29, 1.82) is 0 Å². The first-order chi connectivity index (χ1) is 15.5. The van der Waals surface area contributed by atoms with Crippen LogP contribution in [0.2, 0.25) is 5.02 Å². The molecule has 0 unspecified atom stereocenters. The largest absolute Gasteiger partial charge is 0.332 e. The van der Waals surface area contributed by atoms with Gasteiger partial charge >= 0.3 is 0 Å². The molecule has 32 heavy (non-hydrogen) atoms. The summed E-state index contributed by atoms with van der Waals surface area (Å²) in [6.45, 7) is 10.7. The van der Waals surface area contributed by atoms with E-state index in [4.69, 9.17) is 16.7 Å². The molecule has 0 saturated carbocycles. The van der Waals surface area contributed by atoms with E-state index in [1.807, 2.05) is 51.4 Å². The van der Waals surface area contributed by atoms with Gasteiger partial charge in [-0.05, 0) is 48.5 Å². The van der Waals surface area contributed by atoms with Crippen molar-refractivity contribution in [2.75, 3.05) is 19.6 Å². The van der Waals surface area contributed by atoms with E-state index in [0.29, 0.717) is 24.0 Å². The van der Waals surface area contributed by atoms with Gasteiger partial charge in [-0.3, -0.25) is 9.69 Å². The number of carbonyl (C=O) groups is 1. The highest BCUT2D eigenvalue weighted by atomic mass is 35.5. The standard InChI is InChI=1S/C25H31ClN4OS/c1-4-11-28-12-10-23-21(16-28)22(27-30(23)20-8-5-7-19(26)14-20)17-29(15-18(2)3)25(31)24-9-6-13-32-24/h5-9,13-14,18H,4,10-12,15-17H2,1-3H3. The van der Waals surface area contributed by atoms with Crippen LogP contribution in [0.25, 0.3) is 5.69 Å². The number of benzene rings is 1. The maximum atomic E-state index is 13.3. The molecule has 0 radical (unpaired) electrons. The van der Waals surface area contributed by atoms with Crippen molar-refractivity contribution in [3.8, 4) is 5.69 Å². The van der Waals surface area contributed by atoms with Gasteiger partial charge in [0.05, 0.1) is 28.5 Å². The second-order valence-corrected chi connectivity index (χ2v) is 10.2. The summed E-state index contributed by atoms with van der Waals surface area (Å²) in [4.78, 5) is 18.5. The fraction of sp³-hybridized carbons (Fsp3) is 0.440. The first kappa shape index (κ1) is 23.0. The van der Waals surface area contributed by atoms with Crippen molar-refractivity contribution in [1.82, 2.24) is 19.6 Å². The van der Waals surface area contributed by atoms with Crippen LogP contribution in [0.15, 0.2) is 41.8 Å². The lowest BCUT2D eigenvalue weighted by Crippen LogP contribution is -2.35. The van der Waals surface area contributed by atoms with Crippen LogP contribution < -0.4 is 0 Å². The molecule has 1 aromatic carbocycles. The molecule has 0 aliphatic carbocycles. The Hall–Kier alpha value is -2.15. The minimum Gasteiger partial charge on any atom is -0.332 e. The topological polar surface area (TPSA) is 41.4 Å². The highest BCUT2D eigenvalue weighted by Crippen LogP contribution is 2.28. The predicted octanol–water partition coefficient (Wildman–Crippen LogP) is 5.65. The number of rotatable bonds is 8. The van der Waals surface area contributed by atoms with E-state index < -0.39 is 0 Å². The third-order valence-electron chi connectivity index (χ3n) is 5.76. The van der Waals surface area contributed by atoms with Gasteiger partial charge in [0.15, 0.2) is 0 Å². The van der Waals surface area contributed by atoms with E-state index in [1.165, 1.54) is 22.6 Å². The molecule has 1 aliphatic heterocycles. The first-order valence-electron chi connectivity index (χ1n) is 11.4. The Balaban J connectivity index is 1.72. The summed E-state index contributed by atoms with van der Waals surface area (Å²) in [5.74, 6) is 0.460. The Kier molecular flexibility index (Phi) is 7.33. The predicted molar refractivity (Wildman–Crippen MR) is 132 cm³/mol. The molecule has 7 heteroatoms. The quantitative estimate of drug-likeness (QED) is 0.427. The molecule has 0 saturated heterocycles. The molecule has 0 N–H and O–H groups in total. The zero-order valence-electron chi connectivity index (χ0n) is 19.1. The average Bonchev–Trinajstić information content (AvgIpc) is 3.41. The lowest BCUT2D eigenvalue weighted by atomic mass is 10.0. The summed E-state index contributed by atoms with van der Waals surface area (Å²) in [5, 5.41) is 7.71. The van der Waals surface area contributed by atoms with Gasteiger partial charge in [0.1, 0.15) is 0 Å². The van der Waals surface area contributed by atoms with Crippen LogP contribution in [0.1, 0.15) is 53.8 Å². The van der Waals surface area contributed by atoms with Gasteiger partial charge in [-0.2, -0.15) is 5.10 Å². The van der Waals surface area contributed by atoms with Crippen molar-refractivity contribution in [2.45, 2.75) is 46.7 Å². The molecule has 5 nitrogen and oxygen atoms in total. The number of halogens is 1. The summed E-state index contributed by atoms with van der Waals surface area (Å²) in [6, 6.07) is 11.7. The van der Waals surface area contributed by atoms with E-state index in [1.54, 1.807) is 0 Å². The summed E-state index contributed by atoms with van der Waals surface area (Å²) in [5.41, 5.74) is 4.47. The first-order valence-corrected chi connectivity index (χ1v) is 12.6. The molecule has 2 aromatic heterocycles. The normalized spacial score (nSPS) is 14.0. The third kappa shape index (κ3) is 5.08. The lowest BCUT2D eigenvalue weighted by Gasteiger charge is -2.28. The van der Waals surface area contributed by atoms with Crippen molar-refractivity contribution in [3.63, 3.8) is 0 Å². The molecule has 4 rings (SSSR count). The molecular formula is C25H31ClN4OS. The van der Waals surface area contributed by atoms with Crippen LogP contribution in [-0.2, 0) is 19.5 Å². The highest BCUT2D eigenvalue weighted by molar-refractivity contribution is 7.12. The van der Waals surface area contributed by atoms with E-state index in [9.17, 15) is 4.79 Å². The van der Waals surface area contributed by atoms with Crippen LogP contribution in [0.3, 0.4) is 0 Å². The van der Waals surface area contributed by atoms with Crippen LogP contribution >= 0.6 is 22.9 Å². The van der Waals surface area contributed by atoms with E-state index in [0.717, 1.165) is 48.7 Å². The zero-order valence-corrected chi connectivity index (χ0v) is 20.6. The molecule has 0 bridgehead atoms. The van der Waals surface area contributed by atoms with Gasteiger partial charge in [0.2, 0.25) is 0 Å². The number of aromatic nitrogens is 2. The Morgan fingerprint density at radius 3 is 2.81 bits per heavy atom. The second kappa shape index (κ2) is 10.2. The van der Waals surface area contributed by atoms with Gasteiger partial charge in [-0.1, -0.05) is 44.5 Å². The Morgan fingerprint density at radius 1 is 1.28 bits per heavy atom. The molecule has 0 atom stereocenters. The minimum absolute atomic E-state index is 0.0842. The van der Waals surface area contributed by atoms with Gasteiger partial charge < -0.3 is 4.90 Å². The third-order valence-corrected chi connectivity index (χ3v) is 6.85. The van der Waals surface area contributed by atoms with E-state index >= 15 is 0 Å². The fourth-order valence-electron chi connectivity index (χ4n) is 4.39. The zero-order chi connectivity index (χ0) is 22.7. The lowest BCUT2D eigenvalue weighted by molar-refractivity contribution is 0.0724. The summed E-state index contributed by atoms with van der Waals surface area (Å²) < 4.78 is 2.04. The average molecular weight is 471 g/mol. The van der Waals surface area contributed by atoms with E-state index in [-0.39, 0.29) is 5.91 Å². The summed E-state index contributed by atoms with van der Waals surface area (Å²) >= 11 is 7.79. The van der Waals surface area contributed by atoms with Gasteiger partial charge in [-0.15, -0.1) is 11.3 Å². The number of amides is 1. The highest BCUT2D eigenvalue weighted by Gasteiger charge is 2.28. The van der Waals surface area contributed by atoms with Gasteiger partial charge in [0, 0.05) is 36.6 Å². The number of thiophene rings is 1. The maximum Gasteiger partial charge on any atom is 0.264 e. The number of fused-ring (bicyclic) bond motifs is 1. The molecule has 170 valence electrons. The smallest absolute Gasteiger partial charge is 0.264 e. The monoisotopic (exact) mass is 470 g/mol. The molecule has 3 heterocycles. The number of hydrogen-bond donors (Lipinski definition) is 0. The minimum atomic E-state index is 0.0842. The molecule has 3 aromatic rings. The number of hydrogen-bond acceptors (Lipinski definition) is 4. The van der Waals surface area contributed by atoms with Gasteiger partial charge in [-0.25, -0.2) is 4.68 Å².